The maximum Gasteiger partial charge on any atom is 0.416 e. The summed E-state index contributed by atoms with van der Waals surface area (Å²) in [5.41, 5.74) is -1.09. The molecule has 0 amide bonds. The molecule has 0 fully saturated rings. The molecule has 3 nitrogen and oxygen atoms in total. The van der Waals surface area contributed by atoms with Crippen LogP contribution in [0, 0.1) is 12.3 Å². The molecule has 6 heteroatoms. The molecule has 0 radical (unpaired) electrons. The zero-order valence-corrected chi connectivity index (χ0v) is 10.8. The highest BCUT2D eigenvalue weighted by Crippen LogP contribution is 2.34. The molecule has 0 aromatic heterocycles. The number of terminal acetylenes is 1. The first-order valence-corrected chi connectivity index (χ1v) is 5.91. The van der Waals surface area contributed by atoms with E-state index in [1.807, 2.05) is 0 Å². The summed E-state index contributed by atoms with van der Waals surface area (Å²) in [6.07, 6.45) is 0.510. The van der Waals surface area contributed by atoms with E-state index in [9.17, 15) is 18.0 Å². The normalized spacial score (nSPS) is 12.6. The number of hydrogen-bond acceptors (Lipinski definition) is 3. The van der Waals surface area contributed by atoms with Gasteiger partial charge in [0.1, 0.15) is 6.04 Å². The van der Waals surface area contributed by atoms with E-state index in [0.29, 0.717) is 0 Å². The highest BCUT2D eigenvalue weighted by molar-refractivity contribution is 5.78. The Hall–Kier alpha value is -2.00. The van der Waals surface area contributed by atoms with E-state index < -0.39 is 23.8 Å². The zero-order valence-electron chi connectivity index (χ0n) is 10.8. The molecular formula is C14H14F3NO2. The largest absolute Gasteiger partial charge is 0.465 e. The Labute approximate surface area is 115 Å². The van der Waals surface area contributed by atoms with Gasteiger partial charge in [0, 0.05) is 0 Å². The van der Waals surface area contributed by atoms with Crippen molar-refractivity contribution in [2.75, 3.05) is 13.2 Å². The molecule has 0 saturated carbocycles. The number of hydrogen-bond donors (Lipinski definition) is 1. The van der Waals surface area contributed by atoms with Gasteiger partial charge >= 0.3 is 12.1 Å². The van der Waals surface area contributed by atoms with Crippen LogP contribution in [0.5, 0.6) is 0 Å². The molecule has 0 aliphatic heterocycles. The van der Waals surface area contributed by atoms with Crippen molar-refractivity contribution in [2.24, 2.45) is 0 Å². The number of benzene rings is 1. The van der Waals surface area contributed by atoms with Gasteiger partial charge in [-0.2, -0.15) is 13.2 Å². The first-order chi connectivity index (χ1) is 9.41. The quantitative estimate of drug-likeness (QED) is 0.667. The van der Waals surface area contributed by atoms with Crippen molar-refractivity contribution in [1.82, 2.24) is 5.32 Å². The predicted molar refractivity (Wildman–Crippen MR) is 67.7 cm³/mol. The summed E-state index contributed by atoms with van der Waals surface area (Å²) in [5.74, 6) is 1.43. The highest BCUT2D eigenvalue weighted by Gasteiger charge is 2.36. The lowest BCUT2D eigenvalue weighted by molar-refractivity contribution is -0.147. The van der Waals surface area contributed by atoms with Crippen LogP contribution in [0.1, 0.15) is 24.1 Å². The average molecular weight is 285 g/mol. The standard InChI is InChI=1S/C14H14F3NO2/c1-3-9-18-12(13(19)20-4-2)10-7-5-6-8-11(10)14(15,16)17/h1,5-8,12,18H,4,9H2,2H3. The number of carbonyl (C=O) groups is 1. The van der Waals surface area contributed by atoms with Gasteiger partial charge in [0.15, 0.2) is 0 Å². The van der Waals surface area contributed by atoms with Crippen LogP contribution in [-0.4, -0.2) is 19.1 Å². The molecule has 0 aliphatic rings. The lowest BCUT2D eigenvalue weighted by Gasteiger charge is -2.20. The second-order valence-corrected chi connectivity index (χ2v) is 3.86. The molecule has 1 atom stereocenters. The van der Waals surface area contributed by atoms with Crippen LogP contribution in [0.15, 0.2) is 24.3 Å². The summed E-state index contributed by atoms with van der Waals surface area (Å²) in [7, 11) is 0. The number of esters is 1. The maximum atomic E-state index is 13.0. The summed E-state index contributed by atoms with van der Waals surface area (Å²) in [4.78, 5) is 11.8. The van der Waals surface area contributed by atoms with Crippen molar-refractivity contribution in [3.05, 3.63) is 35.4 Å². The van der Waals surface area contributed by atoms with Crippen molar-refractivity contribution in [1.29, 1.82) is 0 Å². The van der Waals surface area contributed by atoms with Gasteiger partial charge in [-0.15, -0.1) is 6.42 Å². The molecule has 1 rings (SSSR count). The maximum absolute atomic E-state index is 13.0. The first-order valence-electron chi connectivity index (χ1n) is 5.91. The fourth-order valence-electron chi connectivity index (χ4n) is 1.71. The Bertz CT molecular complexity index is 506. The molecule has 0 bridgehead atoms. The molecule has 1 aromatic carbocycles. The van der Waals surface area contributed by atoms with Crippen LogP contribution in [0.2, 0.25) is 0 Å². The number of carbonyl (C=O) groups excluding carboxylic acids is 1. The van der Waals surface area contributed by atoms with Gasteiger partial charge in [-0.1, -0.05) is 24.1 Å². The fourth-order valence-corrected chi connectivity index (χ4v) is 1.71. The number of rotatable bonds is 5. The Balaban J connectivity index is 3.20. The SMILES string of the molecule is C#CCNC(C(=O)OCC)c1ccccc1C(F)(F)F. The smallest absolute Gasteiger partial charge is 0.416 e. The minimum atomic E-state index is -4.56. The van der Waals surface area contributed by atoms with E-state index >= 15 is 0 Å². The molecule has 0 heterocycles. The highest BCUT2D eigenvalue weighted by atomic mass is 19.4. The number of ether oxygens (including phenoxy) is 1. The van der Waals surface area contributed by atoms with Gasteiger partial charge in [-0.05, 0) is 18.6 Å². The minimum absolute atomic E-state index is 0.0460. The second-order valence-electron chi connectivity index (χ2n) is 3.86. The van der Waals surface area contributed by atoms with Crippen LogP contribution >= 0.6 is 0 Å². The number of alkyl halides is 3. The van der Waals surface area contributed by atoms with Gasteiger partial charge in [0.05, 0.1) is 18.7 Å². The third-order valence-corrected chi connectivity index (χ3v) is 2.51. The monoisotopic (exact) mass is 285 g/mol. The molecule has 108 valence electrons. The fraction of sp³-hybridized carbons (Fsp3) is 0.357. The average Bonchev–Trinajstić information content (AvgIpc) is 2.39. The summed E-state index contributed by atoms with van der Waals surface area (Å²) in [6, 6.07) is 3.58. The molecule has 0 saturated heterocycles. The summed E-state index contributed by atoms with van der Waals surface area (Å²) in [6.45, 7) is 1.60. The molecule has 1 aromatic rings. The molecule has 20 heavy (non-hydrogen) atoms. The second kappa shape index (κ2) is 6.96. The Kier molecular flexibility index (Phi) is 5.59. The molecule has 0 aliphatic carbocycles. The Morgan fingerprint density at radius 1 is 1.45 bits per heavy atom. The summed E-state index contributed by atoms with van der Waals surface area (Å²) < 4.78 is 43.7. The van der Waals surface area contributed by atoms with Gasteiger partial charge in [-0.25, -0.2) is 4.79 Å². The van der Waals surface area contributed by atoms with Crippen LogP contribution in [0.3, 0.4) is 0 Å². The third-order valence-electron chi connectivity index (χ3n) is 2.51. The van der Waals surface area contributed by atoms with Crippen LogP contribution < -0.4 is 5.32 Å². The van der Waals surface area contributed by atoms with Crippen LogP contribution in [-0.2, 0) is 15.7 Å². The van der Waals surface area contributed by atoms with Gasteiger partial charge in [0.2, 0.25) is 0 Å². The van der Waals surface area contributed by atoms with Gasteiger partial charge in [0.25, 0.3) is 0 Å². The number of nitrogens with one attached hydrogen (secondary N) is 1. The van der Waals surface area contributed by atoms with Crippen LogP contribution in [0.25, 0.3) is 0 Å². The minimum Gasteiger partial charge on any atom is -0.465 e. The lowest BCUT2D eigenvalue weighted by Crippen LogP contribution is -2.32. The summed E-state index contributed by atoms with van der Waals surface area (Å²) >= 11 is 0. The van der Waals surface area contributed by atoms with E-state index in [0.717, 1.165) is 6.07 Å². The van der Waals surface area contributed by atoms with E-state index in [4.69, 9.17) is 11.2 Å². The zero-order chi connectivity index (χ0) is 15.2. The summed E-state index contributed by atoms with van der Waals surface area (Å²) in [5, 5.41) is 2.57. The van der Waals surface area contributed by atoms with E-state index in [1.54, 1.807) is 6.92 Å². The molecule has 1 unspecified atom stereocenters. The molecule has 1 N–H and O–H groups in total. The topological polar surface area (TPSA) is 38.3 Å². The predicted octanol–water partition coefficient (Wildman–Crippen LogP) is 2.53. The van der Waals surface area contributed by atoms with Gasteiger partial charge in [-0.3, -0.25) is 5.32 Å². The third kappa shape index (κ3) is 4.00. The van der Waals surface area contributed by atoms with Crippen LogP contribution in [0.4, 0.5) is 13.2 Å². The molecule has 0 spiro atoms. The lowest BCUT2D eigenvalue weighted by atomic mass is 10.00. The Morgan fingerprint density at radius 2 is 2.10 bits per heavy atom. The first kappa shape index (κ1) is 16.1. The van der Waals surface area contributed by atoms with Crippen molar-refractivity contribution in [3.63, 3.8) is 0 Å². The Morgan fingerprint density at radius 3 is 2.65 bits per heavy atom. The number of halogens is 3. The van der Waals surface area contributed by atoms with E-state index in [2.05, 4.69) is 11.2 Å². The molecular weight excluding hydrogens is 271 g/mol. The van der Waals surface area contributed by atoms with E-state index in [-0.39, 0.29) is 18.7 Å². The van der Waals surface area contributed by atoms with E-state index in [1.165, 1.54) is 18.2 Å². The van der Waals surface area contributed by atoms with Gasteiger partial charge < -0.3 is 4.74 Å². The van der Waals surface area contributed by atoms with Crippen molar-refractivity contribution in [2.45, 2.75) is 19.1 Å². The van der Waals surface area contributed by atoms with Crippen molar-refractivity contribution in [3.8, 4) is 12.3 Å². The van der Waals surface area contributed by atoms with Crippen molar-refractivity contribution < 1.29 is 22.7 Å². The van der Waals surface area contributed by atoms with Crippen molar-refractivity contribution >= 4 is 5.97 Å².